The van der Waals surface area contributed by atoms with Gasteiger partial charge in [-0.05, 0) is 6.92 Å². The molecule has 0 fully saturated rings. The van der Waals surface area contributed by atoms with Crippen LogP contribution in [-0.4, -0.2) is 24.2 Å². The molecular formula is C5H13O3P. The lowest BCUT2D eigenvalue weighted by molar-refractivity contribution is 0.284. The summed E-state index contributed by atoms with van der Waals surface area (Å²) >= 11 is 0. The number of aliphatic hydroxyl groups excluding tert-OH is 1. The fraction of sp³-hybridized carbons (Fsp3) is 1.00. The lowest BCUT2D eigenvalue weighted by atomic mass is 10.9. The summed E-state index contributed by atoms with van der Waals surface area (Å²) < 4.78 is 15.9. The van der Waals surface area contributed by atoms with Crippen molar-refractivity contribution in [2.75, 3.05) is 19.1 Å². The van der Waals surface area contributed by atoms with E-state index in [0.29, 0.717) is 12.8 Å². The van der Waals surface area contributed by atoms with Crippen molar-refractivity contribution in [2.24, 2.45) is 0 Å². The Hall–Kier alpha value is 0.150. The Morgan fingerprint density at radius 3 is 2.22 bits per heavy atom. The molecule has 0 rings (SSSR count). The summed E-state index contributed by atoms with van der Waals surface area (Å²) in [7, 11) is -2.63. The molecule has 0 aromatic heterocycles. The van der Waals surface area contributed by atoms with Gasteiger partial charge in [-0.25, -0.2) is 0 Å². The second-order valence-electron chi connectivity index (χ2n) is 1.69. The fourth-order valence-electron chi connectivity index (χ4n) is 0.467. The number of aliphatic hydroxyl groups is 1. The van der Waals surface area contributed by atoms with Gasteiger partial charge in [-0.1, -0.05) is 6.92 Å². The highest BCUT2D eigenvalue weighted by molar-refractivity contribution is 7.58. The van der Waals surface area contributed by atoms with E-state index in [1.165, 1.54) is 0 Å². The average molecular weight is 152 g/mol. The molecule has 0 saturated carbocycles. The predicted molar refractivity (Wildman–Crippen MR) is 36.9 cm³/mol. The molecule has 0 amide bonds. The normalized spacial score (nSPS) is 17.2. The first kappa shape index (κ1) is 9.15. The van der Waals surface area contributed by atoms with E-state index in [4.69, 9.17) is 9.63 Å². The van der Waals surface area contributed by atoms with E-state index >= 15 is 0 Å². The lowest BCUT2D eigenvalue weighted by Crippen LogP contribution is -1.96. The van der Waals surface area contributed by atoms with Gasteiger partial charge in [0.15, 0.2) is 0 Å². The van der Waals surface area contributed by atoms with Gasteiger partial charge in [0.05, 0.1) is 6.61 Å². The maximum absolute atomic E-state index is 11.1. The van der Waals surface area contributed by atoms with Crippen molar-refractivity contribution in [1.82, 2.24) is 0 Å². The van der Waals surface area contributed by atoms with Gasteiger partial charge in [0.25, 0.3) is 0 Å². The molecule has 0 aromatic carbocycles. The van der Waals surface area contributed by atoms with E-state index in [1.807, 2.05) is 0 Å². The van der Waals surface area contributed by atoms with E-state index in [0.717, 1.165) is 0 Å². The summed E-state index contributed by atoms with van der Waals surface area (Å²) in [6, 6.07) is 0. The smallest absolute Gasteiger partial charge is 0.227 e. The minimum Gasteiger partial charge on any atom is -0.386 e. The summed E-state index contributed by atoms with van der Waals surface area (Å²) in [6.07, 6.45) is 0.0781. The molecule has 0 aliphatic heterocycles. The zero-order chi connectivity index (χ0) is 7.33. The van der Waals surface area contributed by atoms with Crippen LogP contribution in [0, 0.1) is 0 Å². The van der Waals surface area contributed by atoms with Crippen molar-refractivity contribution in [3.05, 3.63) is 0 Å². The van der Waals surface area contributed by atoms with Crippen molar-refractivity contribution in [3.63, 3.8) is 0 Å². The summed E-state index contributed by atoms with van der Waals surface area (Å²) in [5.41, 5.74) is 0. The second-order valence-corrected chi connectivity index (χ2v) is 4.49. The minimum atomic E-state index is -2.63. The molecule has 56 valence electrons. The SMILES string of the molecule is CCOP(=O)(CC)CO. The van der Waals surface area contributed by atoms with Gasteiger partial charge in [0.1, 0.15) is 6.35 Å². The van der Waals surface area contributed by atoms with Crippen LogP contribution in [0.4, 0.5) is 0 Å². The molecule has 0 spiro atoms. The Morgan fingerprint density at radius 2 is 2.11 bits per heavy atom. The molecule has 0 bridgehead atoms. The molecule has 0 saturated heterocycles. The maximum Gasteiger partial charge on any atom is 0.227 e. The summed E-state index contributed by atoms with van der Waals surface area (Å²) in [4.78, 5) is 0. The van der Waals surface area contributed by atoms with Crippen LogP contribution in [0.2, 0.25) is 0 Å². The molecule has 0 aliphatic carbocycles. The van der Waals surface area contributed by atoms with Crippen molar-refractivity contribution in [2.45, 2.75) is 13.8 Å². The van der Waals surface area contributed by atoms with E-state index in [9.17, 15) is 4.57 Å². The van der Waals surface area contributed by atoms with Crippen LogP contribution in [0.25, 0.3) is 0 Å². The molecule has 0 aromatic rings. The third-order valence-electron chi connectivity index (χ3n) is 1.06. The van der Waals surface area contributed by atoms with Crippen LogP contribution < -0.4 is 0 Å². The lowest BCUT2D eigenvalue weighted by Gasteiger charge is -2.11. The van der Waals surface area contributed by atoms with Crippen molar-refractivity contribution in [1.29, 1.82) is 0 Å². The summed E-state index contributed by atoms with van der Waals surface area (Å²) in [5, 5.41) is 8.53. The third kappa shape index (κ3) is 2.99. The molecule has 1 atom stereocenters. The molecule has 3 nitrogen and oxygen atoms in total. The molecule has 4 heteroatoms. The van der Waals surface area contributed by atoms with Gasteiger partial charge in [-0.3, -0.25) is 4.57 Å². The van der Waals surface area contributed by atoms with E-state index in [-0.39, 0.29) is 6.35 Å². The Balaban J connectivity index is 3.78. The minimum absolute atomic E-state index is 0.336. The predicted octanol–water partition coefficient (Wildman–Crippen LogP) is 1.27. The van der Waals surface area contributed by atoms with Crippen molar-refractivity contribution < 1.29 is 14.2 Å². The zero-order valence-corrected chi connectivity index (χ0v) is 6.73. The van der Waals surface area contributed by atoms with Crippen LogP contribution in [-0.2, 0) is 9.09 Å². The van der Waals surface area contributed by atoms with Gasteiger partial charge in [-0.15, -0.1) is 0 Å². The first-order valence-corrected chi connectivity index (χ1v) is 5.01. The first-order valence-electron chi connectivity index (χ1n) is 3.02. The number of hydrogen-bond donors (Lipinski definition) is 1. The summed E-state index contributed by atoms with van der Waals surface area (Å²) in [5.74, 6) is 0. The molecule has 0 heterocycles. The zero-order valence-electron chi connectivity index (χ0n) is 5.83. The van der Waals surface area contributed by atoms with Crippen LogP contribution in [0.5, 0.6) is 0 Å². The molecule has 9 heavy (non-hydrogen) atoms. The van der Waals surface area contributed by atoms with E-state index in [2.05, 4.69) is 0 Å². The number of rotatable bonds is 4. The van der Waals surface area contributed by atoms with Crippen molar-refractivity contribution in [3.8, 4) is 0 Å². The van der Waals surface area contributed by atoms with Crippen LogP contribution in [0.15, 0.2) is 0 Å². The molecule has 0 radical (unpaired) electrons. The average Bonchev–Trinajstić information content (AvgIpc) is 1.89. The molecule has 1 unspecified atom stereocenters. The largest absolute Gasteiger partial charge is 0.386 e. The first-order chi connectivity index (χ1) is 4.18. The van der Waals surface area contributed by atoms with E-state index in [1.54, 1.807) is 13.8 Å². The van der Waals surface area contributed by atoms with Crippen LogP contribution >= 0.6 is 7.37 Å². The third-order valence-corrected chi connectivity index (χ3v) is 3.18. The Kier molecular flexibility index (Phi) is 4.11. The van der Waals surface area contributed by atoms with Crippen LogP contribution in [0.1, 0.15) is 13.8 Å². The topological polar surface area (TPSA) is 46.5 Å². The van der Waals surface area contributed by atoms with Gasteiger partial charge in [0, 0.05) is 6.16 Å². The second kappa shape index (κ2) is 4.04. The Morgan fingerprint density at radius 1 is 1.56 bits per heavy atom. The molecule has 0 aliphatic rings. The van der Waals surface area contributed by atoms with Crippen molar-refractivity contribution >= 4 is 7.37 Å². The monoisotopic (exact) mass is 152 g/mol. The van der Waals surface area contributed by atoms with Gasteiger partial charge < -0.3 is 9.63 Å². The van der Waals surface area contributed by atoms with Gasteiger partial charge in [-0.2, -0.15) is 0 Å². The van der Waals surface area contributed by atoms with E-state index < -0.39 is 7.37 Å². The highest BCUT2D eigenvalue weighted by Gasteiger charge is 2.16. The van der Waals surface area contributed by atoms with Gasteiger partial charge >= 0.3 is 0 Å². The van der Waals surface area contributed by atoms with Gasteiger partial charge in [0.2, 0.25) is 7.37 Å². The summed E-state index contributed by atoms with van der Waals surface area (Å²) in [6.45, 7) is 3.91. The standard InChI is InChI=1S/C5H13O3P/c1-3-8-9(7,4-2)5-6/h6H,3-5H2,1-2H3. The maximum atomic E-state index is 11.1. The quantitative estimate of drug-likeness (QED) is 0.617. The fourth-order valence-corrected chi connectivity index (χ4v) is 1.40. The Bertz CT molecular complexity index is 105. The Labute approximate surface area is 55.5 Å². The highest BCUT2D eigenvalue weighted by atomic mass is 31.2. The number of hydrogen-bond acceptors (Lipinski definition) is 3. The molecule has 1 N–H and O–H groups in total. The highest BCUT2D eigenvalue weighted by Crippen LogP contribution is 2.44. The van der Waals surface area contributed by atoms with Crippen LogP contribution in [0.3, 0.4) is 0 Å². The molecular weight excluding hydrogens is 139 g/mol.